The summed E-state index contributed by atoms with van der Waals surface area (Å²) in [7, 11) is 0. The second-order valence-electron chi connectivity index (χ2n) is 7.37. The number of nitrogens with zero attached hydrogens (tertiary/aromatic N) is 2. The molecule has 2 aromatic carbocycles. The quantitative estimate of drug-likeness (QED) is 0.573. The van der Waals surface area contributed by atoms with Crippen molar-refractivity contribution in [1.29, 1.82) is 0 Å². The zero-order valence-electron chi connectivity index (χ0n) is 15.9. The molecule has 0 saturated heterocycles. The number of benzene rings is 2. The molecule has 0 spiro atoms. The first-order valence-electron chi connectivity index (χ1n) is 9.62. The van der Waals surface area contributed by atoms with Crippen LogP contribution in [-0.4, -0.2) is 21.5 Å². The fourth-order valence-electron chi connectivity index (χ4n) is 3.32. The first-order valence-corrected chi connectivity index (χ1v) is 9.99. The first-order chi connectivity index (χ1) is 13.6. The van der Waals surface area contributed by atoms with E-state index in [-0.39, 0.29) is 6.03 Å². The lowest BCUT2D eigenvalue weighted by molar-refractivity contribution is 0.204. The summed E-state index contributed by atoms with van der Waals surface area (Å²) >= 11 is 6.32. The van der Waals surface area contributed by atoms with Gasteiger partial charge in [-0.1, -0.05) is 47.5 Å². The number of rotatable bonds is 6. The molecule has 1 fully saturated rings. The second kappa shape index (κ2) is 8.11. The van der Waals surface area contributed by atoms with Crippen molar-refractivity contribution in [1.82, 2.24) is 9.47 Å². The third kappa shape index (κ3) is 4.39. The molecule has 1 N–H and O–H groups in total. The molecule has 0 atom stereocenters. The number of carbonyl (C=O) groups is 1. The molecule has 1 saturated carbocycles. The predicted octanol–water partition coefficient (Wildman–Crippen LogP) is 5.69. The number of amides is 2. The minimum atomic E-state index is -0.0446. The summed E-state index contributed by atoms with van der Waals surface area (Å²) in [6.45, 7) is 3.31. The van der Waals surface area contributed by atoms with Crippen LogP contribution in [0.15, 0.2) is 66.9 Å². The van der Waals surface area contributed by atoms with Crippen molar-refractivity contribution in [3.63, 3.8) is 0 Å². The van der Waals surface area contributed by atoms with Gasteiger partial charge in [0.15, 0.2) is 0 Å². The normalized spacial score (nSPS) is 13.4. The van der Waals surface area contributed by atoms with Crippen LogP contribution in [0.1, 0.15) is 29.7 Å². The SMILES string of the molecule is Cc1ccc(NC(=O)N(Cc2cccn2Cc2ccccc2Cl)C2CC2)cc1. The third-order valence-electron chi connectivity index (χ3n) is 5.11. The number of nitrogens with one attached hydrogen (secondary N) is 1. The summed E-state index contributed by atoms with van der Waals surface area (Å²) < 4.78 is 2.16. The van der Waals surface area contributed by atoms with Gasteiger partial charge in [-0.05, 0) is 55.7 Å². The first kappa shape index (κ1) is 18.6. The Kier molecular flexibility index (Phi) is 5.40. The van der Waals surface area contributed by atoms with Gasteiger partial charge in [0.05, 0.1) is 6.54 Å². The van der Waals surface area contributed by atoms with Crippen LogP contribution in [0, 0.1) is 6.92 Å². The number of hydrogen-bond donors (Lipinski definition) is 1. The fourth-order valence-corrected chi connectivity index (χ4v) is 3.51. The van der Waals surface area contributed by atoms with E-state index in [9.17, 15) is 4.79 Å². The van der Waals surface area contributed by atoms with Crippen LogP contribution in [0.25, 0.3) is 0 Å². The van der Waals surface area contributed by atoms with E-state index in [4.69, 9.17) is 11.6 Å². The van der Waals surface area contributed by atoms with Gasteiger partial charge in [-0.2, -0.15) is 0 Å². The highest BCUT2D eigenvalue weighted by molar-refractivity contribution is 6.31. The minimum absolute atomic E-state index is 0.0446. The Morgan fingerprint density at radius 3 is 2.57 bits per heavy atom. The number of urea groups is 1. The van der Waals surface area contributed by atoms with E-state index in [2.05, 4.69) is 16.0 Å². The zero-order chi connectivity index (χ0) is 19.5. The topological polar surface area (TPSA) is 37.3 Å². The van der Waals surface area contributed by atoms with Gasteiger partial charge in [-0.15, -0.1) is 0 Å². The van der Waals surface area contributed by atoms with E-state index in [1.165, 1.54) is 5.56 Å². The minimum Gasteiger partial charge on any atom is -0.345 e. The van der Waals surface area contributed by atoms with Gasteiger partial charge in [0.2, 0.25) is 0 Å². The van der Waals surface area contributed by atoms with Gasteiger partial charge < -0.3 is 14.8 Å². The maximum absolute atomic E-state index is 12.9. The molecule has 4 rings (SSSR count). The second-order valence-corrected chi connectivity index (χ2v) is 7.78. The van der Waals surface area contributed by atoms with Crippen molar-refractivity contribution in [3.8, 4) is 0 Å². The summed E-state index contributed by atoms with van der Waals surface area (Å²) in [6, 6.07) is 20.1. The van der Waals surface area contributed by atoms with Gasteiger partial charge in [0.25, 0.3) is 0 Å². The summed E-state index contributed by atoms with van der Waals surface area (Å²) in [5.74, 6) is 0. The van der Waals surface area contributed by atoms with Crippen LogP contribution in [-0.2, 0) is 13.1 Å². The maximum atomic E-state index is 12.9. The van der Waals surface area contributed by atoms with Gasteiger partial charge >= 0.3 is 6.03 Å². The third-order valence-corrected chi connectivity index (χ3v) is 5.47. The molecule has 2 amide bonds. The molecule has 0 unspecified atom stereocenters. The molecule has 1 heterocycles. The highest BCUT2D eigenvalue weighted by Gasteiger charge is 2.33. The number of hydrogen-bond acceptors (Lipinski definition) is 1. The fraction of sp³-hybridized carbons (Fsp3) is 0.261. The standard InChI is InChI=1S/C23H24ClN3O/c1-17-8-10-19(11-9-17)25-23(28)27(20-12-13-20)16-21-6-4-14-26(21)15-18-5-2-3-7-22(18)24/h2-11,14,20H,12-13,15-16H2,1H3,(H,25,28). The van der Waals surface area contributed by atoms with Gasteiger partial charge in [-0.25, -0.2) is 4.79 Å². The van der Waals surface area contributed by atoms with Crippen LogP contribution in [0.5, 0.6) is 0 Å². The number of aryl methyl sites for hydroxylation is 1. The summed E-state index contributed by atoms with van der Waals surface area (Å²) in [6.07, 6.45) is 4.17. The monoisotopic (exact) mass is 393 g/mol. The van der Waals surface area contributed by atoms with E-state index in [0.29, 0.717) is 19.1 Å². The average molecular weight is 394 g/mol. The lowest BCUT2D eigenvalue weighted by atomic mass is 10.2. The van der Waals surface area contributed by atoms with Crippen molar-refractivity contribution in [3.05, 3.63) is 88.7 Å². The Labute approximate surface area is 170 Å². The molecular weight excluding hydrogens is 370 g/mol. The van der Waals surface area contributed by atoms with E-state index in [0.717, 1.165) is 34.8 Å². The van der Waals surface area contributed by atoms with Crippen LogP contribution >= 0.6 is 11.6 Å². The number of aromatic nitrogens is 1. The van der Waals surface area contributed by atoms with E-state index in [1.807, 2.05) is 72.6 Å². The number of halogens is 1. The van der Waals surface area contributed by atoms with Crippen LogP contribution < -0.4 is 5.32 Å². The van der Waals surface area contributed by atoms with Gasteiger partial charge in [-0.3, -0.25) is 0 Å². The highest BCUT2D eigenvalue weighted by atomic mass is 35.5. The van der Waals surface area contributed by atoms with E-state index in [1.54, 1.807) is 0 Å². The van der Waals surface area contributed by atoms with Gasteiger partial charge in [0.1, 0.15) is 0 Å². The predicted molar refractivity (Wildman–Crippen MR) is 114 cm³/mol. The van der Waals surface area contributed by atoms with Crippen LogP contribution in [0.3, 0.4) is 0 Å². The Morgan fingerprint density at radius 1 is 1.11 bits per heavy atom. The van der Waals surface area contributed by atoms with Crippen molar-refractivity contribution >= 4 is 23.3 Å². The van der Waals surface area contributed by atoms with Crippen LogP contribution in [0.4, 0.5) is 10.5 Å². The number of anilines is 1. The molecule has 5 heteroatoms. The molecule has 28 heavy (non-hydrogen) atoms. The molecule has 3 aromatic rings. The van der Waals surface area contributed by atoms with Crippen molar-refractivity contribution < 1.29 is 4.79 Å². The zero-order valence-corrected chi connectivity index (χ0v) is 16.7. The molecule has 1 aromatic heterocycles. The van der Waals surface area contributed by atoms with Gasteiger partial charge in [0, 0.05) is 35.2 Å². The van der Waals surface area contributed by atoms with Crippen molar-refractivity contribution in [2.45, 2.75) is 38.9 Å². The lowest BCUT2D eigenvalue weighted by Gasteiger charge is -2.24. The van der Waals surface area contributed by atoms with Crippen molar-refractivity contribution in [2.75, 3.05) is 5.32 Å². The summed E-state index contributed by atoms with van der Waals surface area (Å²) in [4.78, 5) is 14.9. The Bertz CT molecular complexity index is 960. The van der Waals surface area contributed by atoms with E-state index < -0.39 is 0 Å². The molecule has 1 aliphatic rings. The summed E-state index contributed by atoms with van der Waals surface area (Å²) in [5, 5.41) is 3.80. The van der Waals surface area contributed by atoms with Crippen molar-refractivity contribution in [2.24, 2.45) is 0 Å². The van der Waals surface area contributed by atoms with Crippen LogP contribution in [0.2, 0.25) is 5.02 Å². The average Bonchev–Trinajstić information content (AvgIpc) is 3.43. The Hall–Kier alpha value is -2.72. The molecule has 0 bridgehead atoms. The molecule has 4 nitrogen and oxygen atoms in total. The Morgan fingerprint density at radius 2 is 1.86 bits per heavy atom. The Balaban J connectivity index is 1.48. The molecule has 0 radical (unpaired) electrons. The number of carbonyl (C=O) groups excluding carboxylic acids is 1. The molecule has 144 valence electrons. The molecular formula is C23H24ClN3O. The highest BCUT2D eigenvalue weighted by Crippen LogP contribution is 2.29. The lowest BCUT2D eigenvalue weighted by Crippen LogP contribution is -2.36. The smallest absolute Gasteiger partial charge is 0.322 e. The van der Waals surface area contributed by atoms with E-state index >= 15 is 0 Å². The maximum Gasteiger partial charge on any atom is 0.322 e. The molecule has 0 aliphatic heterocycles. The summed E-state index contributed by atoms with van der Waals surface area (Å²) in [5.41, 5.74) is 4.18. The largest absolute Gasteiger partial charge is 0.345 e. The molecule has 1 aliphatic carbocycles.